The van der Waals surface area contributed by atoms with Crippen LogP contribution in [0.4, 0.5) is 13.2 Å². The molecule has 0 amide bonds. The number of alkyl halides is 3. The van der Waals surface area contributed by atoms with Crippen molar-refractivity contribution in [2.24, 2.45) is 0 Å². The maximum Gasteiger partial charge on any atom is 0.524 e. The monoisotopic (exact) mass is 544 g/mol. The van der Waals surface area contributed by atoms with Gasteiger partial charge in [0, 0.05) is 21.9 Å². The quantitative estimate of drug-likeness (QED) is 0.244. The highest BCUT2D eigenvalue weighted by Crippen LogP contribution is 2.74. The number of rotatable bonds is 11. The molecule has 0 saturated carbocycles. The number of ether oxygens (including phenoxy) is 3. The zero-order chi connectivity index (χ0) is 26.4. The molecular weight excluding hydrogens is 517 g/mol. The lowest BCUT2D eigenvalue weighted by atomic mass is 10.3. The van der Waals surface area contributed by atoms with Crippen LogP contribution in [0.1, 0.15) is 20.8 Å². The summed E-state index contributed by atoms with van der Waals surface area (Å²) in [6.45, 7) is 5.76. The summed E-state index contributed by atoms with van der Waals surface area (Å²) in [5.74, 6) is 0.528. The second-order valence-electron chi connectivity index (χ2n) is 7.20. The summed E-state index contributed by atoms with van der Waals surface area (Å²) in [5.41, 5.74) is -5.67. The largest absolute Gasteiger partial charge is 0.524 e. The minimum Gasteiger partial charge on any atom is -0.494 e. The van der Waals surface area contributed by atoms with Crippen molar-refractivity contribution in [2.75, 3.05) is 19.8 Å². The first-order chi connectivity index (χ1) is 17.1. The highest BCUT2D eigenvalue weighted by Gasteiger charge is 2.53. The normalized spacial score (nSPS) is 12.7. The number of benzene rings is 3. The maximum atomic E-state index is 13.8. The first kappa shape index (κ1) is 27.7. The third-order valence-corrected chi connectivity index (χ3v) is 9.77. The van der Waals surface area contributed by atoms with Gasteiger partial charge in [-0.3, -0.25) is 0 Å². The molecule has 0 radical (unpaired) electrons. The Bertz CT molecular complexity index is 1180. The van der Waals surface area contributed by atoms with E-state index in [2.05, 4.69) is 0 Å². The van der Waals surface area contributed by atoms with Crippen LogP contribution >= 0.6 is 10.3 Å². The summed E-state index contributed by atoms with van der Waals surface area (Å²) >= 11 is 0. The summed E-state index contributed by atoms with van der Waals surface area (Å²) in [7, 11) is -9.71. The Morgan fingerprint density at radius 1 is 0.694 bits per heavy atom. The van der Waals surface area contributed by atoms with E-state index in [0.717, 1.165) is 0 Å². The van der Waals surface area contributed by atoms with E-state index in [1.54, 1.807) is 57.2 Å². The van der Waals surface area contributed by atoms with Gasteiger partial charge in [-0.2, -0.15) is 25.2 Å². The Labute approximate surface area is 210 Å². The average Bonchev–Trinajstić information content (AvgIpc) is 2.84. The smallest absolute Gasteiger partial charge is 0.494 e. The van der Waals surface area contributed by atoms with Crippen LogP contribution in [-0.4, -0.2) is 33.7 Å². The maximum absolute atomic E-state index is 13.8. The van der Waals surface area contributed by atoms with Gasteiger partial charge < -0.3 is 14.2 Å². The molecule has 0 unspecified atom stereocenters. The zero-order valence-electron chi connectivity index (χ0n) is 19.9. The molecule has 11 heteroatoms. The van der Waals surface area contributed by atoms with Crippen molar-refractivity contribution in [3.63, 3.8) is 0 Å². The summed E-state index contributed by atoms with van der Waals surface area (Å²) in [6, 6.07) is 18.8. The molecule has 0 fully saturated rings. The Hall–Kier alpha value is -2.89. The van der Waals surface area contributed by atoms with Gasteiger partial charge in [0.2, 0.25) is 0 Å². The third-order valence-electron chi connectivity index (χ3n) is 4.82. The highest BCUT2D eigenvalue weighted by atomic mass is 32.3. The van der Waals surface area contributed by atoms with Crippen LogP contribution in [0, 0.1) is 0 Å². The van der Waals surface area contributed by atoms with E-state index in [1.807, 2.05) is 0 Å². The van der Waals surface area contributed by atoms with Gasteiger partial charge in [0.25, 0.3) is 0 Å². The molecule has 3 aromatic rings. The van der Waals surface area contributed by atoms with Crippen LogP contribution in [0.3, 0.4) is 0 Å². The van der Waals surface area contributed by atoms with E-state index in [-0.39, 0.29) is 39.4 Å². The van der Waals surface area contributed by atoms with Gasteiger partial charge in [-0.25, -0.2) is 0 Å². The average molecular weight is 545 g/mol. The van der Waals surface area contributed by atoms with Crippen LogP contribution in [0.25, 0.3) is 0 Å². The molecule has 0 heterocycles. The van der Waals surface area contributed by atoms with E-state index >= 15 is 0 Å². The first-order valence-corrected chi connectivity index (χ1v) is 14.1. The molecule has 0 saturated heterocycles. The Morgan fingerprint density at radius 2 is 1.11 bits per heavy atom. The minimum absolute atomic E-state index is 0.0416. The van der Waals surface area contributed by atoms with Gasteiger partial charge in [-0.15, -0.1) is 0 Å². The predicted octanol–water partition coefficient (Wildman–Crippen LogP) is 6.95. The van der Waals surface area contributed by atoms with E-state index in [0.29, 0.717) is 12.4 Å². The Kier molecular flexibility index (Phi) is 8.80. The lowest BCUT2D eigenvalue weighted by Crippen LogP contribution is -2.28. The second-order valence-corrected chi connectivity index (χ2v) is 11.6. The fourth-order valence-electron chi connectivity index (χ4n) is 3.49. The molecule has 0 aliphatic heterocycles. The molecule has 3 rings (SSSR count). The fourth-order valence-corrected chi connectivity index (χ4v) is 8.40. The molecule has 0 aliphatic rings. The van der Waals surface area contributed by atoms with Gasteiger partial charge in [0.1, 0.15) is 22.1 Å². The van der Waals surface area contributed by atoms with Crippen LogP contribution < -0.4 is 14.2 Å². The van der Waals surface area contributed by atoms with Crippen molar-refractivity contribution in [3.05, 3.63) is 72.8 Å². The van der Waals surface area contributed by atoms with Gasteiger partial charge in [0.15, 0.2) is 0 Å². The minimum atomic E-state index is -6.09. The molecule has 0 spiro atoms. The van der Waals surface area contributed by atoms with E-state index in [1.165, 1.54) is 36.4 Å². The molecule has 0 bridgehead atoms. The summed E-state index contributed by atoms with van der Waals surface area (Å²) in [4.78, 5) is 0.449. The lowest BCUT2D eigenvalue weighted by Gasteiger charge is -2.41. The van der Waals surface area contributed by atoms with Crippen LogP contribution in [0.15, 0.2) is 87.5 Å². The number of hydrogen-bond acceptors (Lipinski definition) is 6. The van der Waals surface area contributed by atoms with Crippen LogP contribution in [-0.2, 0) is 13.7 Å². The third kappa shape index (κ3) is 5.58. The van der Waals surface area contributed by atoms with Crippen molar-refractivity contribution >= 4 is 20.4 Å². The SMILES string of the molecule is CCOc1cc(OCC)c(S(OS(=O)(=O)C(F)(F)F)(c2ccccc2)c2ccccc2)c(OCC)c1. The zero-order valence-corrected chi connectivity index (χ0v) is 21.6. The molecule has 6 nitrogen and oxygen atoms in total. The summed E-state index contributed by atoms with van der Waals surface area (Å²) in [6.07, 6.45) is 0. The number of halogens is 3. The van der Waals surface area contributed by atoms with Crippen molar-refractivity contribution in [1.29, 1.82) is 0 Å². The van der Waals surface area contributed by atoms with Gasteiger partial charge in [-0.05, 0) is 55.3 Å². The molecular formula is C25H27F3O6S2. The van der Waals surface area contributed by atoms with Crippen molar-refractivity contribution in [1.82, 2.24) is 0 Å². The molecule has 36 heavy (non-hydrogen) atoms. The lowest BCUT2D eigenvalue weighted by molar-refractivity contribution is -0.0496. The molecule has 3 aromatic carbocycles. The Balaban J connectivity index is 2.55. The van der Waals surface area contributed by atoms with Crippen LogP contribution in [0.2, 0.25) is 0 Å². The molecule has 0 aromatic heterocycles. The van der Waals surface area contributed by atoms with Gasteiger partial charge in [-0.1, -0.05) is 36.4 Å². The second kappa shape index (κ2) is 11.4. The van der Waals surface area contributed by atoms with Crippen molar-refractivity contribution < 1.29 is 39.4 Å². The molecule has 0 aliphatic carbocycles. The predicted molar refractivity (Wildman–Crippen MR) is 131 cm³/mol. The molecule has 196 valence electrons. The Morgan fingerprint density at radius 3 is 1.47 bits per heavy atom. The summed E-state index contributed by atoms with van der Waals surface area (Å²) in [5, 5.41) is 0. The van der Waals surface area contributed by atoms with Gasteiger partial charge in [0.05, 0.1) is 19.8 Å². The van der Waals surface area contributed by atoms with E-state index in [4.69, 9.17) is 17.8 Å². The van der Waals surface area contributed by atoms with Crippen molar-refractivity contribution in [2.45, 2.75) is 41.0 Å². The highest BCUT2D eigenvalue weighted by molar-refractivity contribution is 8.33. The van der Waals surface area contributed by atoms with Gasteiger partial charge >= 0.3 is 15.6 Å². The van der Waals surface area contributed by atoms with E-state index < -0.39 is 25.9 Å². The van der Waals surface area contributed by atoms with E-state index in [9.17, 15) is 21.6 Å². The standard InChI is InChI=1S/C25H27F3O6S2/c1-4-31-19-17-22(32-5-2)24(23(18-19)33-6-3)35(20-13-9-7-10-14-20,21-15-11-8-12-16-21)34-36(29,30)25(26,27)28/h7-18H,4-6H2,1-3H3. The van der Waals surface area contributed by atoms with Crippen LogP contribution in [0.5, 0.6) is 17.2 Å². The molecule has 0 atom stereocenters. The van der Waals surface area contributed by atoms with Crippen molar-refractivity contribution in [3.8, 4) is 17.2 Å². The number of hydrogen-bond donors (Lipinski definition) is 0. The fraction of sp³-hybridized carbons (Fsp3) is 0.280. The first-order valence-electron chi connectivity index (χ1n) is 11.1. The topological polar surface area (TPSA) is 71.1 Å². The molecule has 0 N–H and O–H groups in total. The summed E-state index contributed by atoms with van der Waals surface area (Å²) < 4.78 is 89.4.